The van der Waals surface area contributed by atoms with Crippen LogP contribution in [0, 0.1) is 0 Å². The lowest BCUT2D eigenvalue weighted by Crippen LogP contribution is -2.07. The largest absolute Gasteiger partial charge is 0.394 e. The molecule has 0 aliphatic heterocycles. The molecular weight excluding hydrogens is 200 g/mol. The van der Waals surface area contributed by atoms with Crippen molar-refractivity contribution in [3.8, 4) is 0 Å². The summed E-state index contributed by atoms with van der Waals surface area (Å²) in [6, 6.07) is 8.36. The van der Waals surface area contributed by atoms with Gasteiger partial charge in [0.15, 0.2) is 0 Å². The van der Waals surface area contributed by atoms with Crippen molar-refractivity contribution < 1.29 is 4.84 Å². The Morgan fingerprint density at radius 2 is 2.19 bits per heavy atom. The summed E-state index contributed by atoms with van der Waals surface area (Å²) in [6.45, 7) is 7.24. The Morgan fingerprint density at radius 3 is 2.81 bits per heavy atom. The molecule has 0 saturated heterocycles. The number of rotatable bonds is 5. The molecule has 0 radical (unpaired) electrons. The molecule has 1 aromatic rings. The number of nitrogens with zero attached hydrogens (tertiary/aromatic N) is 1. The minimum absolute atomic E-state index is 0.460. The molecule has 0 unspecified atom stereocenters. The summed E-state index contributed by atoms with van der Waals surface area (Å²) in [4.78, 5) is 5.06. The van der Waals surface area contributed by atoms with Crippen LogP contribution in [-0.2, 0) is 4.84 Å². The van der Waals surface area contributed by atoms with Crippen molar-refractivity contribution in [2.24, 2.45) is 10.9 Å². The van der Waals surface area contributed by atoms with Crippen LogP contribution in [-0.4, -0.2) is 18.9 Å². The van der Waals surface area contributed by atoms with E-state index in [0.717, 1.165) is 11.3 Å². The highest BCUT2D eigenvalue weighted by Crippen LogP contribution is 2.16. The third kappa shape index (κ3) is 3.66. The van der Waals surface area contributed by atoms with Crippen LogP contribution < -0.4 is 5.73 Å². The van der Waals surface area contributed by atoms with Gasteiger partial charge in [-0.1, -0.05) is 37.2 Å². The Bertz CT molecular complexity index is 359. The van der Waals surface area contributed by atoms with Gasteiger partial charge in [0, 0.05) is 6.54 Å². The molecule has 0 heterocycles. The van der Waals surface area contributed by atoms with Crippen molar-refractivity contribution >= 4 is 5.71 Å². The fourth-order valence-electron chi connectivity index (χ4n) is 1.37. The van der Waals surface area contributed by atoms with Gasteiger partial charge in [-0.3, -0.25) is 0 Å². The van der Waals surface area contributed by atoms with Crippen LogP contribution in [0.25, 0.3) is 0 Å². The van der Waals surface area contributed by atoms with E-state index in [-0.39, 0.29) is 0 Å². The van der Waals surface area contributed by atoms with E-state index in [0.29, 0.717) is 19.1 Å². The molecular formula is C13H20N2O. The van der Waals surface area contributed by atoms with Crippen LogP contribution in [0.4, 0.5) is 0 Å². The SMILES string of the molecule is C/C(=N\OCCN)c1cccc(C(C)C)c1. The van der Waals surface area contributed by atoms with Crippen molar-refractivity contribution in [2.75, 3.05) is 13.2 Å². The Morgan fingerprint density at radius 1 is 1.44 bits per heavy atom. The number of nitrogens with two attached hydrogens (primary N) is 1. The minimum Gasteiger partial charge on any atom is -0.394 e. The average Bonchev–Trinajstić information content (AvgIpc) is 2.29. The van der Waals surface area contributed by atoms with Gasteiger partial charge in [0.25, 0.3) is 0 Å². The zero-order valence-corrected chi connectivity index (χ0v) is 10.2. The fourth-order valence-corrected chi connectivity index (χ4v) is 1.37. The van der Waals surface area contributed by atoms with E-state index in [1.807, 2.05) is 19.1 Å². The molecule has 0 atom stereocenters. The first-order chi connectivity index (χ1) is 7.65. The number of benzene rings is 1. The molecule has 16 heavy (non-hydrogen) atoms. The van der Waals surface area contributed by atoms with E-state index in [2.05, 4.69) is 31.1 Å². The average molecular weight is 220 g/mol. The molecule has 88 valence electrons. The molecule has 0 aliphatic carbocycles. The lowest BCUT2D eigenvalue weighted by Gasteiger charge is -2.07. The van der Waals surface area contributed by atoms with Crippen LogP contribution in [0.15, 0.2) is 29.4 Å². The Hall–Kier alpha value is -1.35. The maximum absolute atomic E-state index is 5.32. The maximum atomic E-state index is 5.32. The lowest BCUT2D eigenvalue weighted by atomic mass is 9.99. The third-order valence-electron chi connectivity index (χ3n) is 2.38. The van der Waals surface area contributed by atoms with Crippen LogP contribution in [0.3, 0.4) is 0 Å². The zero-order valence-electron chi connectivity index (χ0n) is 10.2. The van der Waals surface area contributed by atoms with Crippen molar-refractivity contribution in [1.82, 2.24) is 0 Å². The molecule has 0 aliphatic rings. The number of hydrogen-bond donors (Lipinski definition) is 1. The van der Waals surface area contributed by atoms with Gasteiger partial charge in [0.2, 0.25) is 0 Å². The van der Waals surface area contributed by atoms with Gasteiger partial charge in [-0.05, 0) is 30.0 Å². The van der Waals surface area contributed by atoms with Crippen molar-refractivity contribution in [3.05, 3.63) is 35.4 Å². The molecule has 1 aromatic carbocycles. The second-order valence-electron chi connectivity index (χ2n) is 4.08. The summed E-state index contributed by atoms with van der Waals surface area (Å²) in [5.74, 6) is 0.526. The molecule has 1 rings (SSSR count). The van der Waals surface area contributed by atoms with Gasteiger partial charge in [0.1, 0.15) is 6.61 Å². The first-order valence-corrected chi connectivity index (χ1v) is 5.62. The summed E-state index contributed by atoms with van der Waals surface area (Å²) in [6.07, 6.45) is 0. The molecule has 3 heteroatoms. The molecule has 0 spiro atoms. The molecule has 0 amide bonds. The van der Waals surface area contributed by atoms with E-state index in [1.54, 1.807) is 0 Å². The van der Waals surface area contributed by atoms with E-state index in [1.165, 1.54) is 5.56 Å². The quantitative estimate of drug-likeness (QED) is 0.471. The molecule has 3 nitrogen and oxygen atoms in total. The predicted octanol–water partition coefficient (Wildman–Crippen LogP) is 2.51. The Labute approximate surface area is 97.3 Å². The lowest BCUT2D eigenvalue weighted by molar-refractivity contribution is 0.152. The van der Waals surface area contributed by atoms with Crippen LogP contribution in [0.5, 0.6) is 0 Å². The van der Waals surface area contributed by atoms with Crippen LogP contribution in [0.1, 0.15) is 37.8 Å². The van der Waals surface area contributed by atoms with E-state index in [4.69, 9.17) is 10.6 Å². The summed E-state index contributed by atoms with van der Waals surface area (Å²) in [7, 11) is 0. The number of oxime groups is 1. The minimum atomic E-state index is 0.460. The standard InChI is InChI=1S/C13H20N2O/c1-10(2)12-5-4-6-13(9-12)11(3)15-16-8-7-14/h4-6,9-10H,7-8,14H2,1-3H3/b15-11+. The summed E-state index contributed by atoms with van der Waals surface area (Å²) in [5.41, 5.74) is 8.62. The molecule has 0 aromatic heterocycles. The monoisotopic (exact) mass is 220 g/mol. The van der Waals surface area contributed by atoms with Gasteiger partial charge >= 0.3 is 0 Å². The van der Waals surface area contributed by atoms with Gasteiger partial charge in [-0.2, -0.15) is 0 Å². The molecule has 2 N–H and O–H groups in total. The number of hydrogen-bond acceptors (Lipinski definition) is 3. The molecule has 0 saturated carbocycles. The highest BCUT2D eigenvalue weighted by molar-refractivity contribution is 5.98. The first-order valence-electron chi connectivity index (χ1n) is 5.62. The highest BCUT2D eigenvalue weighted by Gasteiger charge is 2.02. The van der Waals surface area contributed by atoms with Crippen molar-refractivity contribution in [3.63, 3.8) is 0 Å². The molecule has 0 fully saturated rings. The van der Waals surface area contributed by atoms with Crippen LogP contribution >= 0.6 is 0 Å². The van der Waals surface area contributed by atoms with E-state index >= 15 is 0 Å². The normalized spacial score (nSPS) is 11.9. The highest BCUT2D eigenvalue weighted by atomic mass is 16.6. The van der Waals surface area contributed by atoms with Gasteiger partial charge < -0.3 is 10.6 Å². The van der Waals surface area contributed by atoms with E-state index < -0.39 is 0 Å². The van der Waals surface area contributed by atoms with E-state index in [9.17, 15) is 0 Å². The second kappa shape index (κ2) is 6.28. The smallest absolute Gasteiger partial charge is 0.129 e. The van der Waals surface area contributed by atoms with Gasteiger partial charge in [-0.15, -0.1) is 0 Å². The molecule has 0 bridgehead atoms. The zero-order chi connectivity index (χ0) is 12.0. The summed E-state index contributed by atoms with van der Waals surface area (Å²) >= 11 is 0. The van der Waals surface area contributed by atoms with Crippen molar-refractivity contribution in [1.29, 1.82) is 0 Å². The Balaban J connectivity index is 2.79. The summed E-state index contributed by atoms with van der Waals surface area (Å²) in [5, 5.41) is 4.02. The maximum Gasteiger partial charge on any atom is 0.129 e. The Kier molecular flexibility index (Phi) is 4.99. The first kappa shape index (κ1) is 12.7. The van der Waals surface area contributed by atoms with Gasteiger partial charge in [0.05, 0.1) is 5.71 Å². The van der Waals surface area contributed by atoms with Crippen molar-refractivity contribution in [2.45, 2.75) is 26.7 Å². The van der Waals surface area contributed by atoms with Crippen LogP contribution in [0.2, 0.25) is 0 Å². The fraction of sp³-hybridized carbons (Fsp3) is 0.462. The second-order valence-corrected chi connectivity index (χ2v) is 4.08. The summed E-state index contributed by atoms with van der Waals surface area (Å²) < 4.78 is 0. The van der Waals surface area contributed by atoms with Gasteiger partial charge in [-0.25, -0.2) is 0 Å². The predicted molar refractivity (Wildman–Crippen MR) is 67.7 cm³/mol. The topological polar surface area (TPSA) is 47.6 Å². The third-order valence-corrected chi connectivity index (χ3v) is 2.38.